The van der Waals surface area contributed by atoms with E-state index < -0.39 is 5.91 Å². The Morgan fingerprint density at radius 1 is 1.12 bits per heavy atom. The number of nitrogens with zero attached hydrogens (tertiary/aromatic N) is 1. The van der Waals surface area contributed by atoms with Crippen LogP contribution >= 0.6 is 11.8 Å². The van der Waals surface area contributed by atoms with Crippen LogP contribution in [0.25, 0.3) is 0 Å². The van der Waals surface area contributed by atoms with Gasteiger partial charge in [-0.25, -0.2) is 5.01 Å². The molecule has 0 saturated carbocycles. The van der Waals surface area contributed by atoms with Gasteiger partial charge < -0.3 is 10.4 Å². The van der Waals surface area contributed by atoms with Gasteiger partial charge in [-0.15, -0.1) is 11.8 Å². The Balaban J connectivity index is 1.73. The highest BCUT2D eigenvalue weighted by Gasteiger charge is 2.34. The Bertz CT molecular complexity index is 837. The minimum atomic E-state index is -0.418. The molecule has 1 saturated heterocycles. The summed E-state index contributed by atoms with van der Waals surface area (Å²) >= 11 is 1.40. The fourth-order valence-corrected chi connectivity index (χ4v) is 3.62. The summed E-state index contributed by atoms with van der Waals surface area (Å²) < 4.78 is 0. The lowest BCUT2D eigenvalue weighted by Gasteiger charge is -2.24. The van der Waals surface area contributed by atoms with E-state index in [1.165, 1.54) is 23.7 Å². The van der Waals surface area contributed by atoms with Crippen molar-refractivity contribution in [2.24, 2.45) is 0 Å². The van der Waals surface area contributed by atoms with Gasteiger partial charge in [-0.05, 0) is 42.0 Å². The second-order valence-corrected chi connectivity index (χ2v) is 6.79. The van der Waals surface area contributed by atoms with E-state index >= 15 is 0 Å². The molecular formula is C18H17N3O4S. The molecule has 3 rings (SSSR count). The second kappa shape index (κ2) is 7.49. The monoisotopic (exact) mass is 371 g/mol. The molecule has 0 bridgehead atoms. The lowest BCUT2D eigenvalue weighted by atomic mass is 10.2. The SMILES string of the molecule is CC(=O)Nc1ccc(C(=O)NN2C(=O)CSC2c2ccc(O)cc2)cc1. The summed E-state index contributed by atoms with van der Waals surface area (Å²) in [6.45, 7) is 1.40. The topological polar surface area (TPSA) is 98.7 Å². The summed E-state index contributed by atoms with van der Waals surface area (Å²) in [5.41, 5.74) is 4.40. The molecule has 1 aliphatic rings. The Morgan fingerprint density at radius 3 is 2.38 bits per heavy atom. The third kappa shape index (κ3) is 3.97. The van der Waals surface area contributed by atoms with Gasteiger partial charge in [-0.3, -0.25) is 19.8 Å². The second-order valence-electron chi connectivity index (χ2n) is 5.72. The normalized spacial score (nSPS) is 16.4. The maximum absolute atomic E-state index is 12.5. The van der Waals surface area contributed by atoms with Gasteiger partial charge in [-0.1, -0.05) is 12.1 Å². The number of carbonyl (C=O) groups excluding carboxylic acids is 3. The Kier molecular flexibility index (Phi) is 5.13. The van der Waals surface area contributed by atoms with Crippen molar-refractivity contribution in [3.05, 3.63) is 59.7 Å². The quantitative estimate of drug-likeness (QED) is 0.766. The highest BCUT2D eigenvalue weighted by atomic mass is 32.2. The summed E-state index contributed by atoms with van der Waals surface area (Å²) in [6.07, 6.45) is 0. The molecule has 2 aromatic rings. The van der Waals surface area contributed by atoms with Crippen molar-refractivity contribution in [1.29, 1.82) is 0 Å². The standard InChI is InChI=1S/C18H17N3O4S/c1-11(22)19-14-6-2-12(3-7-14)17(25)20-21-16(24)10-26-18(21)13-4-8-15(23)9-5-13/h2-9,18,23H,10H2,1H3,(H,19,22)(H,20,25). The molecule has 1 fully saturated rings. The van der Waals surface area contributed by atoms with Gasteiger partial charge in [0.25, 0.3) is 11.8 Å². The van der Waals surface area contributed by atoms with Crippen LogP contribution in [0.1, 0.15) is 28.2 Å². The average Bonchev–Trinajstić information content (AvgIpc) is 2.96. The lowest BCUT2D eigenvalue weighted by molar-refractivity contribution is -0.130. The minimum Gasteiger partial charge on any atom is -0.508 e. The number of aromatic hydroxyl groups is 1. The summed E-state index contributed by atoms with van der Waals surface area (Å²) in [7, 11) is 0. The Morgan fingerprint density at radius 2 is 1.77 bits per heavy atom. The van der Waals surface area contributed by atoms with Crippen LogP contribution in [0.15, 0.2) is 48.5 Å². The Hall–Kier alpha value is -3.00. The van der Waals surface area contributed by atoms with E-state index in [4.69, 9.17) is 0 Å². The molecule has 0 radical (unpaired) electrons. The van der Waals surface area contributed by atoms with Crippen LogP contribution in [0.2, 0.25) is 0 Å². The number of benzene rings is 2. The smallest absolute Gasteiger partial charge is 0.269 e. The number of rotatable bonds is 4. The molecular weight excluding hydrogens is 354 g/mol. The zero-order valence-electron chi connectivity index (χ0n) is 13.9. The summed E-state index contributed by atoms with van der Waals surface area (Å²) in [6, 6.07) is 12.9. The molecule has 1 atom stereocenters. The van der Waals surface area contributed by atoms with Gasteiger partial charge in [0.15, 0.2) is 0 Å². The maximum atomic E-state index is 12.5. The van der Waals surface area contributed by atoms with Crippen molar-refractivity contribution >= 4 is 35.2 Å². The number of anilines is 1. The third-order valence-electron chi connectivity index (χ3n) is 3.74. The molecule has 26 heavy (non-hydrogen) atoms. The van der Waals surface area contributed by atoms with E-state index in [1.54, 1.807) is 48.5 Å². The fourth-order valence-electron chi connectivity index (χ4n) is 2.51. The molecule has 3 amide bonds. The molecule has 2 aromatic carbocycles. The van der Waals surface area contributed by atoms with Gasteiger partial charge >= 0.3 is 0 Å². The molecule has 0 aliphatic carbocycles. The molecule has 1 heterocycles. The lowest BCUT2D eigenvalue weighted by Crippen LogP contribution is -2.44. The molecule has 1 aliphatic heterocycles. The summed E-state index contributed by atoms with van der Waals surface area (Å²) in [4.78, 5) is 35.7. The first kappa shape index (κ1) is 17.8. The van der Waals surface area contributed by atoms with Gasteiger partial charge in [0.2, 0.25) is 5.91 Å². The largest absolute Gasteiger partial charge is 0.508 e. The molecule has 1 unspecified atom stereocenters. The van der Waals surface area contributed by atoms with Crippen LogP contribution in [0.3, 0.4) is 0 Å². The number of hydrazine groups is 1. The number of hydrogen-bond acceptors (Lipinski definition) is 5. The van der Waals surface area contributed by atoms with Gasteiger partial charge in [0, 0.05) is 18.2 Å². The predicted octanol–water partition coefficient (Wildman–Crippen LogP) is 2.27. The van der Waals surface area contributed by atoms with Crippen LogP contribution in [0.5, 0.6) is 5.75 Å². The zero-order chi connectivity index (χ0) is 18.7. The first-order chi connectivity index (χ1) is 12.4. The highest BCUT2D eigenvalue weighted by Crippen LogP contribution is 2.37. The van der Waals surface area contributed by atoms with Gasteiger partial charge in [0.05, 0.1) is 5.75 Å². The van der Waals surface area contributed by atoms with E-state index in [1.807, 2.05) is 0 Å². The Labute approximate surface area is 154 Å². The zero-order valence-corrected chi connectivity index (χ0v) is 14.7. The van der Waals surface area contributed by atoms with Crippen molar-refractivity contribution < 1.29 is 19.5 Å². The van der Waals surface area contributed by atoms with Crippen molar-refractivity contribution in [2.45, 2.75) is 12.3 Å². The minimum absolute atomic E-state index is 0.137. The highest BCUT2D eigenvalue weighted by molar-refractivity contribution is 8.00. The van der Waals surface area contributed by atoms with Crippen LogP contribution in [0, 0.1) is 0 Å². The van der Waals surface area contributed by atoms with Crippen LogP contribution < -0.4 is 10.7 Å². The molecule has 134 valence electrons. The van der Waals surface area contributed by atoms with Crippen molar-refractivity contribution in [3.63, 3.8) is 0 Å². The number of carbonyl (C=O) groups is 3. The number of phenols is 1. The first-order valence-electron chi connectivity index (χ1n) is 7.85. The van der Waals surface area contributed by atoms with Crippen molar-refractivity contribution in [3.8, 4) is 5.75 Å². The molecule has 0 spiro atoms. The van der Waals surface area contributed by atoms with E-state index in [0.29, 0.717) is 11.3 Å². The molecule has 7 nitrogen and oxygen atoms in total. The van der Waals surface area contributed by atoms with Crippen molar-refractivity contribution in [1.82, 2.24) is 10.4 Å². The van der Waals surface area contributed by atoms with Gasteiger partial charge in [-0.2, -0.15) is 0 Å². The van der Waals surface area contributed by atoms with E-state index in [0.717, 1.165) is 5.56 Å². The van der Waals surface area contributed by atoms with E-state index in [9.17, 15) is 19.5 Å². The van der Waals surface area contributed by atoms with Crippen LogP contribution in [-0.4, -0.2) is 33.6 Å². The maximum Gasteiger partial charge on any atom is 0.269 e. The number of thioether (sulfide) groups is 1. The summed E-state index contributed by atoms with van der Waals surface area (Å²) in [5, 5.41) is 13.0. The fraction of sp³-hybridized carbons (Fsp3) is 0.167. The molecule has 8 heteroatoms. The number of nitrogens with one attached hydrogen (secondary N) is 2. The summed E-state index contributed by atoms with van der Waals surface area (Å²) in [5.74, 6) is -0.417. The number of hydrogen-bond donors (Lipinski definition) is 3. The van der Waals surface area contributed by atoms with Crippen molar-refractivity contribution in [2.75, 3.05) is 11.1 Å². The van der Waals surface area contributed by atoms with Crippen LogP contribution in [0.4, 0.5) is 5.69 Å². The molecule has 3 N–H and O–H groups in total. The van der Waals surface area contributed by atoms with Crippen LogP contribution in [-0.2, 0) is 9.59 Å². The van der Waals surface area contributed by atoms with E-state index in [-0.39, 0.29) is 28.7 Å². The number of phenolic OH excluding ortho intramolecular Hbond substituents is 1. The predicted molar refractivity (Wildman–Crippen MR) is 98.4 cm³/mol. The average molecular weight is 371 g/mol. The number of amides is 3. The van der Waals surface area contributed by atoms with E-state index in [2.05, 4.69) is 10.7 Å². The third-order valence-corrected chi connectivity index (χ3v) is 4.95. The van der Waals surface area contributed by atoms with Gasteiger partial charge in [0.1, 0.15) is 11.1 Å². The molecule has 0 aromatic heterocycles. The first-order valence-corrected chi connectivity index (χ1v) is 8.90.